The molecule has 0 bridgehead atoms. The van der Waals surface area contributed by atoms with Crippen molar-refractivity contribution in [1.29, 1.82) is 0 Å². The quantitative estimate of drug-likeness (QED) is 0.701. The topological polar surface area (TPSA) is 0 Å². The Morgan fingerprint density at radius 3 is 2.67 bits per heavy atom. The summed E-state index contributed by atoms with van der Waals surface area (Å²) in [4.78, 5) is 1.27. The van der Waals surface area contributed by atoms with E-state index in [0.717, 1.165) is 10.0 Å². The maximum atomic E-state index is 3.94. The van der Waals surface area contributed by atoms with E-state index in [0.29, 0.717) is 0 Å². The Balaban J connectivity index is 3.20. The van der Waals surface area contributed by atoms with Crippen molar-refractivity contribution in [1.82, 2.24) is 0 Å². The molecule has 0 saturated heterocycles. The van der Waals surface area contributed by atoms with Crippen molar-refractivity contribution >= 4 is 33.3 Å². The summed E-state index contributed by atoms with van der Waals surface area (Å²) in [5.74, 6) is 0. The van der Waals surface area contributed by atoms with Crippen molar-refractivity contribution in [2.75, 3.05) is 6.26 Å². The molecule has 0 aliphatic heterocycles. The maximum Gasteiger partial charge on any atom is 0.0186 e. The van der Waals surface area contributed by atoms with Crippen LogP contribution in [0, 0.1) is 0 Å². The lowest BCUT2D eigenvalue weighted by atomic mass is 10.1. The van der Waals surface area contributed by atoms with Gasteiger partial charge in [-0.2, -0.15) is 0 Å². The molecule has 1 aromatic carbocycles. The first-order chi connectivity index (χ1) is 5.65. The molecule has 12 heavy (non-hydrogen) atoms. The maximum absolute atomic E-state index is 3.94. The second-order valence-corrected chi connectivity index (χ2v) is 4.39. The number of hydrogen-bond donors (Lipinski definition) is 0. The highest BCUT2D eigenvalue weighted by Crippen LogP contribution is 2.28. The minimum absolute atomic E-state index is 1.12. The monoisotopic (exact) mass is 242 g/mol. The number of halogens is 1. The molecule has 1 aromatic rings. The zero-order valence-electron chi connectivity index (χ0n) is 7.23. The van der Waals surface area contributed by atoms with Crippen LogP contribution in [0.25, 0.3) is 5.57 Å². The summed E-state index contributed by atoms with van der Waals surface area (Å²) in [7, 11) is 0. The van der Waals surface area contributed by atoms with Crippen molar-refractivity contribution in [3.63, 3.8) is 0 Å². The van der Waals surface area contributed by atoms with Gasteiger partial charge in [-0.1, -0.05) is 28.6 Å². The molecule has 0 nitrogen and oxygen atoms in total. The van der Waals surface area contributed by atoms with Gasteiger partial charge in [0, 0.05) is 9.37 Å². The van der Waals surface area contributed by atoms with Crippen LogP contribution < -0.4 is 0 Å². The van der Waals surface area contributed by atoms with Crippen LogP contribution in [0.15, 0.2) is 34.1 Å². The van der Waals surface area contributed by atoms with E-state index in [4.69, 9.17) is 0 Å². The first kappa shape index (κ1) is 9.87. The summed E-state index contributed by atoms with van der Waals surface area (Å²) < 4.78 is 1.12. The Hall–Kier alpha value is -0.210. The molecule has 0 atom stereocenters. The van der Waals surface area contributed by atoms with E-state index in [1.165, 1.54) is 10.5 Å². The average Bonchev–Trinajstić information content (AvgIpc) is 2.03. The highest BCUT2D eigenvalue weighted by atomic mass is 79.9. The van der Waals surface area contributed by atoms with Gasteiger partial charge in [-0.25, -0.2) is 0 Å². The number of benzene rings is 1. The molecule has 0 spiro atoms. The fourth-order valence-corrected chi connectivity index (χ4v) is 2.24. The van der Waals surface area contributed by atoms with Gasteiger partial charge in [-0.3, -0.25) is 0 Å². The molecule has 0 unspecified atom stereocenters. The molecule has 0 fully saturated rings. The van der Waals surface area contributed by atoms with Crippen molar-refractivity contribution in [3.8, 4) is 0 Å². The lowest BCUT2D eigenvalue weighted by Gasteiger charge is -2.06. The Labute approximate surface area is 86.2 Å². The number of thioether (sulfide) groups is 1. The number of hydrogen-bond acceptors (Lipinski definition) is 1. The minimum atomic E-state index is 1.12. The molecule has 1 rings (SSSR count). The fraction of sp³-hybridized carbons (Fsp3) is 0.200. The SMILES string of the molecule is C=C(C)c1ccc(Br)cc1SC. The lowest BCUT2D eigenvalue weighted by molar-refractivity contribution is 1.37. The molecular formula is C10H11BrS. The van der Waals surface area contributed by atoms with Crippen LogP contribution in [0.4, 0.5) is 0 Å². The standard InChI is InChI=1S/C10H11BrS/c1-7(2)9-5-4-8(11)6-10(9)12-3/h4-6H,1H2,2-3H3. The van der Waals surface area contributed by atoms with Gasteiger partial charge in [0.1, 0.15) is 0 Å². The Morgan fingerprint density at radius 1 is 1.50 bits per heavy atom. The second kappa shape index (κ2) is 4.15. The Bertz CT molecular complexity index is 305. The van der Waals surface area contributed by atoms with Crippen LogP contribution >= 0.6 is 27.7 Å². The normalized spacial score (nSPS) is 9.92. The highest BCUT2D eigenvalue weighted by molar-refractivity contribution is 9.10. The van der Waals surface area contributed by atoms with Gasteiger partial charge in [0.2, 0.25) is 0 Å². The van der Waals surface area contributed by atoms with Gasteiger partial charge in [-0.05, 0) is 36.4 Å². The molecule has 64 valence electrons. The predicted molar refractivity (Wildman–Crippen MR) is 60.6 cm³/mol. The summed E-state index contributed by atoms with van der Waals surface area (Å²) in [6.45, 7) is 5.97. The first-order valence-corrected chi connectivity index (χ1v) is 5.66. The van der Waals surface area contributed by atoms with Crippen LogP contribution in [0.5, 0.6) is 0 Å². The van der Waals surface area contributed by atoms with Crippen molar-refractivity contribution < 1.29 is 0 Å². The van der Waals surface area contributed by atoms with Gasteiger partial charge in [0.15, 0.2) is 0 Å². The van der Waals surface area contributed by atoms with Gasteiger partial charge in [0.25, 0.3) is 0 Å². The predicted octanol–water partition coefficient (Wildman–Crippen LogP) is 4.20. The van der Waals surface area contributed by atoms with Crippen LogP contribution in [-0.2, 0) is 0 Å². The van der Waals surface area contributed by atoms with Crippen LogP contribution in [-0.4, -0.2) is 6.26 Å². The highest BCUT2D eigenvalue weighted by Gasteiger charge is 2.01. The van der Waals surface area contributed by atoms with E-state index >= 15 is 0 Å². The largest absolute Gasteiger partial charge is 0.129 e. The van der Waals surface area contributed by atoms with Crippen molar-refractivity contribution in [3.05, 3.63) is 34.8 Å². The van der Waals surface area contributed by atoms with Gasteiger partial charge in [-0.15, -0.1) is 11.8 Å². The third kappa shape index (κ3) is 2.14. The van der Waals surface area contributed by atoms with Crippen LogP contribution in [0.1, 0.15) is 12.5 Å². The lowest BCUT2D eigenvalue weighted by Crippen LogP contribution is -1.82. The zero-order chi connectivity index (χ0) is 9.14. The molecule has 0 aliphatic carbocycles. The molecule has 0 N–H and O–H groups in total. The Kier molecular flexibility index (Phi) is 3.41. The molecule has 0 heterocycles. The second-order valence-electron chi connectivity index (χ2n) is 2.62. The van der Waals surface area contributed by atoms with Gasteiger partial charge in [0.05, 0.1) is 0 Å². The minimum Gasteiger partial charge on any atom is -0.129 e. The van der Waals surface area contributed by atoms with Gasteiger partial charge >= 0.3 is 0 Å². The van der Waals surface area contributed by atoms with Crippen LogP contribution in [0.2, 0.25) is 0 Å². The zero-order valence-corrected chi connectivity index (χ0v) is 9.63. The first-order valence-electron chi connectivity index (χ1n) is 3.64. The summed E-state index contributed by atoms with van der Waals surface area (Å²) >= 11 is 5.19. The summed E-state index contributed by atoms with van der Waals surface area (Å²) in [6.07, 6.45) is 2.08. The van der Waals surface area contributed by atoms with E-state index in [1.807, 2.05) is 13.0 Å². The summed E-state index contributed by atoms with van der Waals surface area (Å²) in [5, 5.41) is 0. The third-order valence-corrected chi connectivity index (χ3v) is 2.89. The van der Waals surface area contributed by atoms with E-state index in [9.17, 15) is 0 Å². The van der Waals surface area contributed by atoms with E-state index in [1.54, 1.807) is 11.8 Å². The Morgan fingerprint density at radius 2 is 2.17 bits per heavy atom. The summed E-state index contributed by atoms with van der Waals surface area (Å²) in [5.41, 5.74) is 2.36. The van der Waals surface area contributed by atoms with Crippen molar-refractivity contribution in [2.45, 2.75) is 11.8 Å². The molecule has 0 aromatic heterocycles. The van der Waals surface area contributed by atoms with Gasteiger partial charge < -0.3 is 0 Å². The molecule has 0 amide bonds. The molecule has 0 aliphatic rings. The number of rotatable bonds is 2. The molecule has 2 heteroatoms. The molecule has 0 saturated carbocycles. The fourth-order valence-electron chi connectivity index (χ4n) is 1.02. The number of allylic oxidation sites excluding steroid dienone is 1. The van der Waals surface area contributed by atoms with Crippen LogP contribution in [0.3, 0.4) is 0 Å². The van der Waals surface area contributed by atoms with E-state index in [2.05, 4.69) is 40.9 Å². The van der Waals surface area contributed by atoms with E-state index in [-0.39, 0.29) is 0 Å². The molecular weight excluding hydrogens is 232 g/mol. The van der Waals surface area contributed by atoms with Crippen molar-refractivity contribution in [2.24, 2.45) is 0 Å². The van der Waals surface area contributed by atoms with E-state index < -0.39 is 0 Å². The summed E-state index contributed by atoms with van der Waals surface area (Å²) in [6, 6.07) is 6.26. The third-order valence-electron chi connectivity index (χ3n) is 1.62. The average molecular weight is 243 g/mol. The smallest absolute Gasteiger partial charge is 0.0186 e. The molecule has 0 radical (unpaired) electrons.